The zero-order valence-electron chi connectivity index (χ0n) is 13.9. The van der Waals surface area contributed by atoms with Gasteiger partial charge in [0.15, 0.2) is 5.82 Å². The van der Waals surface area contributed by atoms with Gasteiger partial charge in [0.05, 0.1) is 11.8 Å². The lowest BCUT2D eigenvalue weighted by Crippen LogP contribution is -2.39. The number of carbonyl (C=O) groups excluding carboxylic acids is 1. The standard InChI is InChI=1S/C18H16FN5O2/c19-14-6-2-1-5-13(14)18(25)24-9-3-4-12(11-24)16-22-17(26-23-16)15-10-20-7-8-21-15/h1-2,5-8,10,12H,3-4,9,11H2/t12-/m0/s1. The summed E-state index contributed by atoms with van der Waals surface area (Å²) in [6.07, 6.45) is 6.29. The summed E-state index contributed by atoms with van der Waals surface area (Å²) < 4.78 is 19.2. The van der Waals surface area contributed by atoms with Gasteiger partial charge in [-0.1, -0.05) is 17.3 Å². The largest absolute Gasteiger partial charge is 0.338 e. The van der Waals surface area contributed by atoms with Crippen molar-refractivity contribution in [3.63, 3.8) is 0 Å². The lowest BCUT2D eigenvalue weighted by atomic mass is 9.96. The van der Waals surface area contributed by atoms with Gasteiger partial charge in [-0.15, -0.1) is 0 Å². The second kappa shape index (κ2) is 6.99. The second-order valence-corrected chi connectivity index (χ2v) is 6.12. The molecule has 0 aliphatic carbocycles. The molecule has 4 rings (SSSR count). The van der Waals surface area contributed by atoms with Crippen LogP contribution in [0.3, 0.4) is 0 Å². The number of nitrogens with zero attached hydrogens (tertiary/aromatic N) is 5. The topological polar surface area (TPSA) is 85.0 Å². The van der Waals surface area contributed by atoms with Crippen molar-refractivity contribution in [2.45, 2.75) is 18.8 Å². The summed E-state index contributed by atoms with van der Waals surface area (Å²) >= 11 is 0. The zero-order chi connectivity index (χ0) is 17.9. The Morgan fingerprint density at radius 2 is 2.15 bits per heavy atom. The van der Waals surface area contributed by atoms with E-state index in [-0.39, 0.29) is 17.4 Å². The van der Waals surface area contributed by atoms with E-state index in [1.54, 1.807) is 35.6 Å². The Hall–Kier alpha value is -3.16. The van der Waals surface area contributed by atoms with E-state index in [0.717, 1.165) is 12.8 Å². The number of rotatable bonds is 3. The summed E-state index contributed by atoms with van der Waals surface area (Å²) in [4.78, 5) is 26.8. The minimum atomic E-state index is -0.510. The van der Waals surface area contributed by atoms with Crippen molar-refractivity contribution in [2.24, 2.45) is 0 Å². The molecule has 1 amide bonds. The Kier molecular flexibility index (Phi) is 4.39. The third kappa shape index (κ3) is 3.17. The fourth-order valence-corrected chi connectivity index (χ4v) is 3.09. The second-order valence-electron chi connectivity index (χ2n) is 6.12. The summed E-state index contributed by atoms with van der Waals surface area (Å²) in [6.45, 7) is 1.01. The van der Waals surface area contributed by atoms with E-state index in [1.807, 2.05) is 0 Å². The highest BCUT2D eigenvalue weighted by atomic mass is 19.1. The van der Waals surface area contributed by atoms with Crippen LogP contribution in [-0.4, -0.2) is 44.0 Å². The van der Waals surface area contributed by atoms with Crippen LogP contribution in [0, 0.1) is 5.82 Å². The van der Waals surface area contributed by atoms with Gasteiger partial charge in [-0.05, 0) is 25.0 Å². The first kappa shape index (κ1) is 16.3. The van der Waals surface area contributed by atoms with E-state index < -0.39 is 5.82 Å². The van der Waals surface area contributed by atoms with Crippen LogP contribution in [0.15, 0.2) is 47.4 Å². The van der Waals surface area contributed by atoms with E-state index in [4.69, 9.17) is 4.52 Å². The Morgan fingerprint density at radius 3 is 2.96 bits per heavy atom. The molecule has 0 spiro atoms. The van der Waals surface area contributed by atoms with Crippen molar-refractivity contribution >= 4 is 5.91 Å². The lowest BCUT2D eigenvalue weighted by Gasteiger charge is -2.31. The third-order valence-electron chi connectivity index (χ3n) is 4.40. The van der Waals surface area contributed by atoms with Crippen LogP contribution < -0.4 is 0 Å². The van der Waals surface area contributed by atoms with Crippen LogP contribution in [0.4, 0.5) is 4.39 Å². The van der Waals surface area contributed by atoms with E-state index in [9.17, 15) is 9.18 Å². The van der Waals surface area contributed by atoms with Crippen LogP contribution in [0.5, 0.6) is 0 Å². The smallest absolute Gasteiger partial charge is 0.278 e. The number of aromatic nitrogens is 4. The number of hydrogen-bond donors (Lipinski definition) is 0. The molecule has 1 atom stereocenters. The number of halogens is 1. The first-order valence-corrected chi connectivity index (χ1v) is 8.36. The van der Waals surface area contributed by atoms with Crippen LogP contribution in [-0.2, 0) is 0 Å². The minimum absolute atomic E-state index is 0.0614. The molecule has 8 heteroatoms. The van der Waals surface area contributed by atoms with Gasteiger partial charge in [0.1, 0.15) is 11.5 Å². The van der Waals surface area contributed by atoms with E-state index in [0.29, 0.717) is 30.5 Å². The number of amides is 1. The summed E-state index contributed by atoms with van der Waals surface area (Å²) in [5.41, 5.74) is 0.586. The molecule has 1 aliphatic rings. The van der Waals surface area contributed by atoms with Gasteiger partial charge in [-0.25, -0.2) is 9.37 Å². The molecular formula is C18H16FN5O2. The van der Waals surface area contributed by atoms with Crippen molar-refractivity contribution in [3.05, 3.63) is 60.1 Å². The quantitative estimate of drug-likeness (QED) is 0.720. The molecule has 2 aromatic heterocycles. The maximum absolute atomic E-state index is 13.9. The number of benzene rings is 1. The first-order chi connectivity index (χ1) is 12.7. The van der Waals surface area contributed by atoms with Gasteiger partial charge < -0.3 is 9.42 Å². The van der Waals surface area contributed by atoms with Crippen molar-refractivity contribution < 1.29 is 13.7 Å². The van der Waals surface area contributed by atoms with Gasteiger partial charge in [-0.2, -0.15) is 4.98 Å². The van der Waals surface area contributed by atoms with Crippen molar-refractivity contribution in [3.8, 4) is 11.6 Å². The van der Waals surface area contributed by atoms with Gasteiger partial charge in [-0.3, -0.25) is 9.78 Å². The number of likely N-dealkylation sites (tertiary alicyclic amines) is 1. The Morgan fingerprint density at radius 1 is 1.27 bits per heavy atom. The molecule has 0 N–H and O–H groups in total. The predicted octanol–water partition coefficient (Wildman–Crippen LogP) is 2.69. The van der Waals surface area contributed by atoms with Crippen LogP contribution in [0.25, 0.3) is 11.6 Å². The molecule has 3 aromatic rings. The molecule has 0 radical (unpaired) electrons. The predicted molar refractivity (Wildman–Crippen MR) is 89.6 cm³/mol. The molecule has 1 aliphatic heterocycles. The highest BCUT2D eigenvalue weighted by Crippen LogP contribution is 2.27. The fraction of sp³-hybridized carbons (Fsp3) is 0.278. The first-order valence-electron chi connectivity index (χ1n) is 8.36. The normalized spacial score (nSPS) is 17.3. The van der Waals surface area contributed by atoms with Crippen molar-refractivity contribution in [1.29, 1.82) is 0 Å². The third-order valence-corrected chi connectivity index (χ3v) is 4.40. The summed E-state index contributed by atoms with van der Waals surface area (Å²) in [7, 11) is 0. The van der Waals surface area contributed by atoms with Crippen LogP contribution in [0.1, 0.15) is 34.9 Å². The average Bonchev–Trinajstić information content (AvgIpc) is 3.19. The fourth-order valence-electron chi connectivity index (χ4n) is 3.09. The van der Waals surface area contributed by atoms with E-state index >= 15 is 0 Å². The van der Waals surface area contributed by atoms with E-state index in [1.165, 1.54) is 12.1 Å². The SMILES string of the molecule is O=C(c1ccccc1F)N1CCC[C@H](c2noc(-c3cnccn3)n2)C1. The molecule has 0 bridgehead atoms. The van der Waals surface area contributed by atoms with E-state index in [2.05, 4.69) is 20.1 Å². The molecule has 3 heterocycles. The number of hydrogen-bond acceptors (Lipinski definition) is 6. The molecule has 1 aromatic carbocycles. The molecular weight excluding hydrogens is 337 g/mol. The molecule has 7 nitrogen and oxygen atoms in total. The Balaban J connectivity index is 1.52. The molecule has 0 unspecified atom stereocenters. The molecule has 1 fully saturated rings. The molecule has 26 heavy (non-hydrogen) atoms. The van der Waals surface area contributed by atoms with Crippen LogP contribution >= 0.6 is 0 Å². The van der Waals surface area contributed by atoms with Gasteiger partial charge in [0.2, 0.25) is 0 Å². The monoisotopic (exact) mass is 353 g/mol. The zero-order valence-corrected chi connectivity index (χ0v) is 13.9. The average molecular weight is 353 g/mol. The Labute approximate surface area is 148 Å². The summed E-state index contributed by atoms with van der Waals surface area (Å²) in [5.74, 6) is -0.0643. The highest BCUT2D eigenvalue weighted by Gasteiger charge is 2.29. The summed E-state index contributed by atoms with van der Waals surface area (Å²) in [6, 6.07) is 6.02. The maximum atomic E-state index is 13.9. The minimum Gasteiger partial charge on any atom is -0.338 e. The van der Waals surface area contributed by atoms with Gasteiger partial charge in [0, 0.05) is 31.4 Å². The summed E-state index contributed by atoms with van der Waals surface area (Å²) in [5, 5.41) is 4.03. The number of piperidine rings is 1. The Bertz CT molecular complexity index is 915. The van der Waals surface area contributed by atoms with Gasteiger partial charge in [0.25, 0.3) is 11.8 Å². The molecule has 132 valence electrons. The highest BCUT2D eigenvalue weighted by molar-refractivity contribution is 5.94. The maximum Gasteiger partial charge on any atom is 0.278 e. The van der Waals surface area contributed by atoms with Gasteiger partial charge >= 0.3 is 0 Å². The lowest BCUT2D eigenvalue weighted by molar-refractivity contribution is 0.0699. The molecule has 1 saturated heterocycles. The molecule has 0 saturated carbocycles. The van der Waals surface area contributed by atoms with Crippen molar-refractivity contribution in [1.82, 2.24) is 25.0 Å². The number of carbonyl (C=O) groups is 1. The van der Waals surface area contributed by atoms with Crippen LogP contribution in [0.2, 0.25) is 0 Å². The van der Waals surface area contributed by atoms with Crippen molar-refractivity contribution in [2.75, 3.05) is 13.1 Å².